The van der Waals surface area contributed by atoms with E-state index in [1.807, 2.05) is 0 Å². The summed E-state index contributed by atoms with van der Waals surface area (Å²) < 4.78 is 5.24. The molecule has 0 aliphatic carbocycles. The third-order valence-corrected chi connectivity index (χ3v) is 1.83. The SMILES string of the molecule is Cc1nc2cc(N)c(C=O)cc2o1. The van der Waals surface area contributed by atoms with Gasteiger partial charge in [0.15, 0.2) is 17.8 Å². The number of oxazole rings is 1. The lowest BCUT2D eigenvalue weighted by Crippen LogP contribution is -1.91. The first-order valence-corrected chi connectivity index (χ1v) is 3.82. The molecule has 2 aromatic rings. The van der Waals surface area contributed by atoms with E-state index in [4.69, 9.17) is 10.2 Å². The second kappa shape index (κ2) is 2.58. The predicted molar refractivity (Wildman–Crippen MR) is 48.5 cm³/mol. The van der Waals surface area contributed by atoms with Crippen LogP contribution in [-0.4, -0.2) is 11.3 Å². The molecule has 0 fully saturated rings. The molecule has 0 saturated carbocycles. The first kappa shape index (κ1) is 7.79. The van der Waals surface area contributed by atoms with Crippen molar-refractivity contribution in [2.75, 3.05) is 5.73 Å². The number of nitrogens with zero attached hydrogens (tertiary/aromatic N) is 1. The van der Waals surface area contributed by atoms with Gasteiger partial charge in [0.1, 0.15) is 5.52 Å². The fourth-order valence-electron chi connectivity index (χ4n) is 1.22. The Hall–Kier alpha value is -1.84. The maximum absolute atomic E-state index is 10.5. The lowest BCUT2D eigenvalue weighted by atomic mass is 10.2. The Morgan fingerprint density at radius 3 is 3.00 bits per heavy atom. The molecule has 1 aromatic carbocycles. The fourth-order valence-corrected chi connectivity index (χ4v) is 1.22. The monoisotopic (exact) mass is 176 g/mol. The number of carbonyl (C=O) groups is 1. The second-order valence-corrected chi connectivity index (χ2v) is 2.80. The van der Waals surface area contributed by atoms with Crippen molar-refractivity contribution in [3.05, 3.63) is 23.6 Å². The summed E-state index contributed by atoms with van der Waals surface area (Å²) in [4.78, 5) is 14.6. The van der Waals surface area contributed by atoms with Crippen LogP contribution in [0.25, 0.3) is 11.1 Å². The summed E-state index contributed by atoms with van der Waals surface area (Å²) in [5.74, 6) is 0.567. The molecule has 2 rings (SSSR count). The summed E-state index contributed by atoms with van der Waals surface area (Å²) in [5.41, 5.74) is 7.73. The van der Waals surface area contributed by atoms with E-state index < -0.39 is 0 Å². The van der Waals surface area contributed by atoms with E-state index in [2.05, 4.69) is 4.98 Å². The summed E-state index contributed by atoms with van der Waals surface area (Å²) in [7, 11) is 0. The van der Waals surface area contributed by atoms with Crippen molar-refractivity contribution in [2.24, 2.45) is 0 Å². The van der Waals surface area contributed by atoms with Crippen molar-refractivity contribution >= 4 is 23.1 Å². The van der Waals surface area contributed by atoms with Crippen LogP contribution in [-0.2, 0) is 0 Å². The normalized spacial score (nSPS) is 10.5. The van der Waals surface area contributed by atoms with E-state index >= 15 is 0 Å². The number of aldehydes is 1. The summed E-state index contributed by atoms with van der Waals surface area (Å²) >= 11 is 0. The van der Waals surface area contributed by atoms with Crippen LogP contribution < -0.4 is 5.73 Å². The number of hydrogen-bond acceptors (Lipinski definition) is 4. The Bertz CT molecular complexity index is 474. The van der Waals surface area contributed by atoms with Gasteiger partial charge >= 0.3 is 0 Å². The van der Waals surface area contributed by atoms with Crippen LogP contribution in [0.5, 0.6) is 0 Å². The molecule has 0 atom stereocenters. The standard InChI is InChI=1S/C9H8N2O2/c1-5-11-8-3-7(10)6(4-12)2-9(8)13-5/h2-4H,10H2,1H3. The smallest absolute Gasteiger partial charge is 0.192 e. The number of hydrogen-bond donors (Lipinski definition) is 1. The van der Waals surface area contributed by atoms with E-state index in [-0.39, 0.29) is 0 Å². The van der Waals surface area contributed by atoms with E-state index in [1.54, 1.807) is 19.1 Å². The first-order chi connectivity index (χ1) is 6.20. The minimum Gasteiger partial charge on any atom is -0.441 e. The Kier molecular flexibility index (Phi) is 1.55. The lowest BCUT2D eigenvalue weighted by molar-refractivity contribution is 0.112. The van der Waals surface area contributed by atoms with Crippen molar-refractivity contribution in [1.82, 2.24) is 4.98 Å². The average Bonchev–Trinajstić information content (AvgIpc) is 2.42. The summed E-state index contributed by atoms with van der Waals surface area (Å²) in [6.07, 6.45) is 0.701. The molecule has 4 nitrogen and oxygen atoms in total. The molecule has 0 bridgehead atoms. The minimum atomic E-state index is 0.427. The molecule has 0 unspecified atom stereocenters. The van der Waals surface area contributed by atoms with Gasteiger partial charge in [-0.1, -0.05) is 0 Å². The molecule has 0 saturated heterocycles. The molecule has 4 heteroatoms. The highest BCUT2D eigenvalue weighted by Gasteiger charge is 2.06. The predicted octanol–water partition coefficient (Wildman–Crippen LogP) is 1.53. The van der Waals surface area contributed by atoms with Crippen LogP contribution in [0, 0.1) is 6.92 Å². The number of nitrogens with two attached hydrogens (primary N) is 1. The highest BCUT2D eigenvalue weighted by atomic mass is 16.3. The Morgan fingerprint density at radius 2 is 2.31 bits per heavy atom. The minimum absolute atomic E-state index is 0.427. The van der Waals surface area contributed by atoms with Gasteiger partial charge in [-0.05, 0) is 12.1 Å². The van der Waals surface area contributed by atoms with Crippen LogP contribution in [0.3, 0.4) is 0 Å². The summed E-state index contributed by atoms with van der Waals surface area (Å²) in [6, 6.07) is 3.23. The molecule has 66 valence electrons. The maximum atomic E-state index is 10.5. The zero-order chi connectivity index (χ0) is 9.42. The number of fused-ring (bicyclic) bond motifs is 1. The van der Waals surface area contributed by atoms with Gasteiger partial charge < -0.3 is 10.2 Å². The number of aryl methyl sites for hydroxylation is 1. The van der Waals surface area contributed by atoms with Crippen molar-refractivity contribution < 1.29 is 9.21 Å². The van der Waals surface area contributed by atoms with E-state index in [0.717, 1.165) is 0 Å². The van der Waals surface area contributed by atoms with Gasteiger partial charge in [0.05, 0.1) is 0 Å². The lowest BCUT2D eigenvalue weighted by Gasteiger charge is -1.95. The topological polar surface area (TPSA) is 69.1 Å². The fraction of sp³-hybridized carbons (Fsp3) is 0.111. The third kappa shape index (κ3) is 1.16. The quantitative estimate of drug-likeness (QED) is 0.528. The van der Waals surface area contributed by atoms with Crippen LogP contribution in [0.2, 0.25) is 0 Å². The average molecular weight is 176 g/mol. The number of anilines is 1. The van der Waals surface area contributed by atoms with Crippen LogP contribution >= 0.6 is 0 Å². The number of benzene rings is 1. The number of rotatable bonds is 1. The zero-order valence-electron chi connectivity index (χ0n) is 7.07. The van der Waals surface area contributed by atoms with E-state index in [1.165, 1.54) is 0 Å². The second-order valence-electron chi connectivity index (χ2n) is 2.80. The van der Waals surface area contributed by atoms with Crippen LogP contribution in [0.4, 0.5) is 5.69 Å². The zero-order valence-corrected chi connectivity index (χ0v) is 7.07. The third-order valence-electron chi connectivity index (χ3n) is 1.83. The van der Waals surface area contributed by atoms with Crippen molar-refractivity contribution in [1.29, 1.82) is 0 Å². The Balaban J connectivity index is 2.79. The van der Waals surface area contributed by atoms with Gasteiger partial charge in [-0.2, -0.15) is 0 Å². The van der Waals surface area contributed by atoms with Crippen molar-refractivity contribution in [2.45, 2.75) is 6.92 Å². The number of nitrogen functional groups attached to an aromatic ring is 1. The molecule has 0 spiro atoms. The molecule has 1 aromatic heterocycles. The molecule has 13 heavy (non-hydrogen) atoms. The van der Waals surface area contributed by atoms with Crippen molar-refractivity contribution in [3.8, 4) is 0 Å². The molecule has 0 aliphatic heterocycles. The van der Waals surface area contributed by atoms with Crippen LogP contribution in [0.1, 0.15) is 16.2 Å². The highest BCUT2D eigenvalue weighted by Crippen LogP contribution is 2.20. The van der Waals surface area contributed by atoms with Gasteiger partial charge in [0.25, 0.3) is 0 Å². The molecule has 2 N–H and O–H groups in total. The Morgan fingerprint density at radius 1 is 1.54 bits per heavy atom. The summed E-state index contributed by atoms with van der Waals surface area (Å²) in [5, 5.41) is 0. The number of carbonyl (C=O) groups excluding carboxylic acids is 1. The molecular weight excluding hydrogens is 168 g/mol. The molecule has 0 amide bonds. The van der Waals surface area contributed by atoms with Gasteiger partial charge in [0, 0.05) is 18.2 Å². The maximum Gasteiger partial charge on any atom is 0.192 e. The largest absolute Gasteiger partial charge is 0.441 e. The van der Waals surface area contributed by atoms with Crippen molar-refractivity contribution in [3.63, 3.8) is 0 Å². The van der Waals surface area contributed by atoms with Gasteiger partial charge in [-0.15, -0.1) is 0 Å². The summed E-state index contributed by atoms with van der Waals surface area (Å²) in [6.45, 7) is 1.75. The molecular formula is C9H8N2O2. The van der Waals surface area contributed by atoms with Gasteiger partial charge in [-0.25, -0.2) is 4.98 Å². The van der Waals surface area contributed by atoms with E-state index in [0.29, 0.717) is 34.5 Å². The highest BCUT2D eigenvalue weighted by molar-refractivity contribution is 5.91. The first-order valence-electron chi connectivity index (χ1n) is 3.82. The Labute approximate surface area is 74.4 Å². The van der Waals surface area contributed by atoms with Gasteiger partial charge in [-0.3, -0.25) is 4.79 Å². The number of aromatic nitrogens is 1. The molecule has 0 radical (unpaired) electrons. The van der Waals surface area contributed by atoms with E-state index in [9.17, 15) is 4.79 Å². The van der Waals surface area contributed by atoms with Crippen LogP contribution in [0.15, 0.2) is 16.5 Å². The van der Waals surface area contributed by atoms with Gasteiger partial charge in [0.2, 0.25) is 0 Å². The molecule has 1 heterocycles. The molecule has 0 aliphatic rings.